The maximum absolute atomic E-state index is 10.2. The zero-order valence-corrected chi connectivity index (χ0v) is 12.3. The third kappa shape index (κ3) is 2.51. The number of rotatable bonds is 1. The number of thiol groups is 2. The number of hydrogen-bond donors (Lipinski definition) is 3. The minimum absolute atomic E-state index is 0.0547. The van der Waals surface area contributed by atoms with Crippen molar-refractivity contribution in [3.05, 3.63) is 28.3 Å². The SMILES string of the molecule is Cc1cc(C(C)(C)C)c(O)c(C)c1C(S)S. The van der Waals surface area contributed by atoms with E-state index >= 15 is 0 Å². The highest BCUT2D eigenvalue weighted by Gasteiger charge is 2.23. The summed E-state index contributed by atoms with van der Waals surface area (Å²) in [6, 6.07) is 2.04. The smallest absolute Gasteiger partial charge is 0.122 e. The van der Waals surface area contributed by atoms with Crippen LogP contribution < -0.4 is 0 Å². The minimum atomic E-state index is -0.153. The molecule has 1 rings (SSSR count). The van der Waals surface area contributed by atoms with Crippen molar-refractivity contribution in [2.75, 3.05) is 0 Å². The molecule has 90 valence electrons. The van der Waals surface area contributed by atoms with Gasteiger partial charge in [0.05, 0.1) is 4.58 Å². The summed E-state index contributed by atoms with van der Waals surface area (Å²) in [6.45, 7) is 10.3. The lowest BCUT2D eigenvalue weighted by molar-refractivity contribution is 0.442. The maximum Gasteiger partial charge on any atom is 0.122 e. The highest BCUT2D eigenvalue weighted by atomic mass is 32.2. The fourth-order valence-electron chi connectivity index (χ4n) is 1.96. The average molecular weight is 256 g/mol. The fraction of sp³-hybridized carbons (Fsp3) is 0.538. The van der Waals surface area contributed by atoms with Gasteiger partial charge < -0.3 is 5.11 Å². The van der Waals surface area contributed by atoms with E-state index in [4.69, 9.17) is 0 Å². The van der Waals surface area contributed by atoms with Crippen molar-refractivity contribution < 1.29 is 5.11 Å². The van der Waals surface area contributed by atoms with E-state index in [-0.39, 0.29) is 10.00 Å². The quantitative estimate of drug-likeness (QED) is 0.509. The summed E-state index contributed by atoms with van der Waals surface area (Å²) in [6.07, 6.45) is 0. The topological polar surface area (TPSA) is 20.2 Å². The minimum Gasteiger partial charge on any atom is -0.507 e. The molecule has 1 aromatic rings. The van der Waals surface area contributed by atoms with Crippen LogP contribution in [0.1, 0.15) is 47.6 Å². The standard InChI is InChI=1S/C13H20OS2/c1-7-6-9(13(3,4)5)11(14)8(2)10(7)12(15)16/h6,12,14-16H,1-5H3. The fourth-order valence-corrected chi connectivity index (χ4v) is 2.75. The van der Waals surface area contributed by atoms with Crippen LogP contribution in [0.15, 0.2) is 6.07 Å². The molecule has 1 aromatic carbocycles. The van der Waals surface area contributed by atoms with Crippen LogP contribution in [0.5, 0.6) is 5.75 Å². The van der Waals surface area contributed by atoms with Gasteiger partial charge in [-0.1, -0.05) is 26.8 Å². The van der Waals surface area contributed by atoms with Crippen molar-refractivity contribution in [2.24, 2.45) is 0 Å². The molecule has 0 atom stereocenters. The molecule has 0 saturated carbocycles. The number of aryl methyl sites for hydroxylation is 1. The number of hydrogen-bond acceptors (Lipinski definition) is 3. The zero-order chi connectivity index (χ0) is 12.7. The second kappa shape index (κ2) is 4.53. The van der Waals surface area contributed by atoms with Gasteiger partial charge in [-0.15, -0.1) is 0 Å². The van der Waals surface area contributed by atoms with Crippen molar-refractivity contribution in [1.82, 2.24) is 0 Å². The molecular formula is C13H20OS2. The van der Waals surface area contributed by atoms with Crippen LogP contribution in [0.2, 0.25) is 0 Å². The molecule has 0 spiro atoms. The molecule has 0 saturated heterocycles. The highest BCUT2D eigenvalue weighted by Crippen LogP contribution is 2.40. The summed E-state index contributed by atoms with van der Waals surface area (Å²) in [5.41, 5.74) is 3.96. The Morgan fingerprint density at radius 1 is 1.19 bits per heavy atom. The van der Waals surface area contributed by atoms with E-state index in [2.05, 4.69) is 46.0 Å². The number of phenols is 1. The Labute approximate surface area is 109 Å². The first-order valence-corrected chi connectivity index (χ1v) is 6.39. The summed E-state index contributed by atoms with van der Waals surface area (Å²) in [7, 11) is 0. The van der Waals surface area contributed by atoms with Gasteiger partial charge >= 0.3 is 0 Å². The molecule has 0 amide bonds. The highest BCUT2D eigenvalue weighted by molar-refractivity contribution is 7.98. The summed E-state index contributed by atoms with van der Waals surface area (Å²) in [5, 5.41) is 10.2. The normalized spacial score (nSPS) is 12.2. The van der Waals surface area contributed by atoms with Gasteiger partial charge in [-0.3, -0.25) is 0 Å². The van der Waals surface area contributed by atoms with Crippen LogP contribution in [-0.2, 0) is 5.41 Å². The molecule has 0 bridgehead atoms. The maximum atomic E-state index is 10.2. The molecule has 0 aliphatic carbocycles. The van der Waals surface area contributed by atoms with Crippen molar-refractivity contribution in [1.29, 1.82) is 0 Å². The van der Waals surface area contributed by atoms with E-state index in [0.29, 0.717) is 5.75 Å². The first kappa shape index (κ1) is 13.8. The lowest BCUT2D eigenvalue weighted by Gasteiger charge is -2.25. The van der Waals surface area contributed by atoms with Gasteiger partial charge in [0.1, 0.15) is 5.75 Å². The van der Waals surface area contributed by atoms with Crippen molar-refractivity contribution >= 4 is 25.3 Å². The average Bonchev–Trinajstić information content (AvgIpc) is 2.09. The van der Waals surface area contributed by atoms with Crippen molar-refractivity contribution in [3.63, 3.8) is 0 Å². The van der Waals surface area contributed by atoms with E-state index in [1.54, 1.807) is 0 Å². The van der Waals surface area contributed by atoms with Gasteiger partial charge in [0.25, 0.3) is 0 Å². The van der Waals surface area contributed by atoms with E-state index < -0.39 is 0 Å². The van der Waals surface area contributed by atoms with Crippen LogP contribution in [0.25, 0.3) is 0 Å². The molecule has 3 heteroatoms. The van der Waals surface area contributed by atoms with Gasteiger partial charge in [0.15, 0.2) is 0 Å². The second-order valence-electron chi connectivity index (χ2n) is 5.25. The van der Waals surface area contributed by atoms with Crippen LogP contribution in [0, 0.1) is 13.8 Å². The molecule has 0 unspecified atom stereocenters. The Kier molecular flexibility index (Phi) is 3.91. The summed E-state index contributed by atoms with van der Waals surface area (Å²) in [4.78, 5) is 0. The lowest BCUT2D eigenvalue weighted by atomic mass is 9.83. The van der Waals surface area contributed by atoms with Crippen LogP contribution in [0.3, 0.4) is 0 Å². The Morgan fingerprint density at radius 3 is 2.06 bits per heavy atom. The van der Waals surface area contributed by atoms with Gasteiger partial charge in [0.2, 0.25) is 0 Å². The number of benzene rings is 1. The zero-order valence-electron chi connectivity index (χ0n) is 10.5. The first-order valence-electron chi connectivity index (χ1n) is 5.36. The van der Waals surface area contributed by atoms with Gasteiger partial charge in [-0.05, 0) is 41.5 Å². The molecule has 16 heavy (non-hydrogen) atoms. The molecule has 0 aromatic heterocycles. The van der Waals surface area contributed by atoms with Gasteiger partial charge in [-0.2, -0.15) is 25.3 Å². The second-order valence-corrected chi connectivity index (χ2v) is 6.69. The summed E-state index contributed by atoms with van der Waals surface area (Å²) in [5.74, 6) is 0.376. The predicted molar refractivity (Wildman–Crippen MR) is 77.0 cm³/mol. The Balaban J connectivity index is 3.52. The van der Waals surface area contributed by atoms with Crippen molar-refractivity contribution in [3.8, 4) is 5.75 Å². The monoisotopic (exact) mass is 256 g/mol. The third-order valence-electron chi connectivity index (χ3n) is 2.87. The molecule has 0 aliphatic rings. The van der Waals surface area contributed by atoms with Gasteiger partial charge in [0, 0.05) is 0 Å². The molecule has 1 N–H and O–H groups in total. The van der Waals surface area contributed by atoms with Crippen LogP contribution >= 0.6 is 25.3 Å². The molecular weight excluding hydrogens is 236 g/mol. The number of phenolic OH excluding ortho intramolecular Hbond substituents is 1. The van der Waals surface area contributed by atoms with E-state index in [9.17, 15) is 5.11 Å². The molecule has 0 fully saturated rings. The van der Waals surface area contributed by atoms with E-state index in [1.807, 2.05) is 19.9 Å². The summed E-state index contributed by atoms with van der Waals surface area (Å²) < 4.78 is -0.153. The van der Waals surface area contributed by atoms with E-state index in [1.165, 1.54) is 0 Å². The summed E-state index contributed by atoms with van der Waals surface area (Å²) >= 11 is 8.67. The van der Waals surface area contributed by atoms with Gasteiger partial charge in [-0.25, -0.2) is 0 Å². The van der Waals surface area contributed by atoms with E-state index in [0.717, 1.165) is 22.3 Å². The molecule has 0 heterocycles. The Morgan fingerprint density at radius 2 is 1.69 bits per heavy atom. The molecule has 0 radical (unpaired) electrons. The molecule has 0 aliphatic heterocycles. The molecule has 1 nitrogen and oxygen atoms in total. The Hall–Kier alpha value is -0.280. The first-order chi connectivity index (χ1) is 7.16. The Bertz CT molecular complexity index is 403. The largest absolute Gasteiger partial charge is 0.507 e. The number of aromatic hydroxyl groups is 1. The van der Waals surface area contributed by atoms with Crippen molar-refractivity contribution in [2.45, 2.75) is 44.6 Å². The predicted octanol–water partition coefficient (Wildman–Crippen LogP) is 4.16. The van der Waals surface area contributed by atoms with Crippen LogP contribution in [0.4, 0.5) is 0 Å². The lowest BCUT2D eigenvalue weighted by Crippen LogP contribution is -2.13. The third-order valence-corrected chi connectivity index (χ3v) is 3.38. The van der Waals surface area contributed by atoms with Crippen LogP contribution in [-0.4, -0.2) is 5.11 Å².